The van der Waals surface area contributed by atoms with Gasteiger partial charge in [-0.1, -0.05) is 26.0 Å². The van der Waals surface area contributed by atoms with Crippen LogP contribution in [-0.2, 0) is 0 Å². The average molecular weight is 307 g/mol. The summed E-state index contributed by atoms with van der Waals surface area (Å²) in [6.45, 7) is 4.24. The van der Waals surface area contributed by atoms with Crippen molar-refractivity contribution in [3.05, 3.63) is 48.4 Å². The lowest BCUT2D eigenvalue weighted by atomic mass is 10.1. The SMILES string of the molecule is CC(C)c1[nH]n2nc(-c3cccc(N)c3)nc2c1-n1cccn1. The van der Waals surface area contributed by atoms with E-state index in [1.165, 1.54) is 0 Å². The Morgan fingerprint density at radius 2 is 2.09 bits per heavy atom. The molecule has 0 fully saturated rings. The van der Waals surface area contributed by atoms with Gasteiger partial charge >= 0.3 is 0 Å². The number of hydrogen-bond donors (Lipinski definition) is 2. The predicted octanol–water partition coefficient (Wildman–Crippen LogP) is 2.62. The van der Waals surface area contributed by atoms with Crippen LogP contribution < -0.4 is 5.73 Å². The molecule has 0 unspecified atom stereocenters. The summed E-state index contributed by atoms with van der Waals surface area (Å²) in [7, 11) is 0. The molecule has 4 rings (SSSR count). The zero-order valence-electron chi connectivity index (χ0n) is 12.9. The second kappa shape index (κ2) is 4.98. The number of benzene rings is 1. The number of rotatable bonds is 3. The molecule has 0 radical (unpaired) electrons. The highest BCUT2D eigenvalue weighted by Crippen LogP contribution is 2.27. The van der Waals surface area contributed by atoms with E-state index in [0.717, 1.165) is 22.6 Å². The van der Waals surface area contributed by atoms with Gasteiger partial charge in [0.1, 0.15) is 5.69 Å². The Kier molecular flexibility index (Phi) is 2.94. The minimum Gasteiger partial charge on any atom is -0.399 e. The van der Waals surface area contributed by atoms with Gasteiger partial charge in [0.25, 0.3) is 0 Å². The molecule has 0 aliphatic heterocycles. The van der Waals surface area contributed by atoms with Gasteiger partial charge < -0.3 is 5.73 Å². The maximum Gasteiger partial charge on any atom is 0.202 e. The van der Waals surface area contributed by atoms with Gasteiger partial charge in [-0.3, -0.25) is 5.10 Å². The first-order valence-corrected chi connectivity index (χ1v) is 7.48. The van der Waals surface area contributed by atoms with Gasteiger partial charge in [-0.15, -0.1) is 5.10 Å². The summed E-state index contributed by atoms with van der Waals surface area (Å²) >= 11 is 0. The monoisotopic (exact) mass is 307 g/mol. The molecule has 0 aliphatic carbocycles. The molecule has 23 heavy (non-hydrogen) atoms. The number of nitrogen functional groups attached to an aromatic ring is 1. The van der Waals surface area contributed by atoms with Crippen molar-refractivity contribution in [3.63, 3.8) is 0 Å². The summed E-state index contributed by atoms with van der Waals surface area (Å²) in [5.74, 6) is 0.931. The summed E-state index contributed by atoms with van der Waals surface area (Å²) < 4.78 is 3.52. The van der Waals surface area contributed by atoms with Crippen LogP contribution in [0.4, 0.5) is 5.69 Å². The van der Waals surface area contributed by atoms with E-state index in [-0.39, 0.29) is 0 Å². The highest BCUT2D eigenvalue weighted by atomic mass is 15.5. The Morgan fingerprint density at radius 3 is 2.78 bits per heavy atom. The maximum absolute atomic E-state index is 5.85. The minimum atomic E-state index is 0.300. The highest BCUT2D eigenvalue weighted by Gasteiger charge is 2.20. The van der Waals surface area contributed by atoms with Crippen LogP contribution in [0.1, 0.15) is 25.5 Å². The quantitative estimate of drug-likeness (QED) is 0.569. The Balaban J connectivity index is 1.93. The molecule has 7 nitrogen and oxygen atoms in total. The largest absolute Gasteiger partial charge is 0.399 e. The third kappa shape index (κ3) is 2.17. The molecular formula is C16H17N7. The summed E-state index contributed by atoms with van der Waals surface area (Å²) in [6.07, 6.45) is 3.66. The first kappa shape index (κ1) is 13.6. The van der Waals surface area contributed by atoms with Crippen LogP contribution in [0, 0.1) is 0 Å². The fraction of sp³-hybridized carbons (Fsp3) is 0.188. The Morgan fingerprint density at radius 1 is 1.22 bits per heavy atom. The average Bonchev–Trinajstić information content (AvgIpc) is 3.21. The topological polar surface area (TPSA) is 89.8 Å². The van der Waals surface area contributed by atoms with Gasteiger partial charge in [-0.2, -0.15) is 9.73 Å². The molecule has 3 aromatic heterocycles. The van der Waals surface area contributed by atoms with Crippen molar-refractivity contribution in [2.75, 3.05) is 5.73 Å². The second-order valence-corrected chi connectivity index (χ2v) is 5.78. The van der Waals surface area contributed by atoms with E-state index in [9.17, 15) is 0 Å². The third-order valence-electron chi connectivity index (χ3n) is 3.76. The second-order valence-electron chi connectivity index (χ2n) is 5.78. The van der Waals surface area contributed by atoms with E-state index < -0.39 is 0 Å². The molecule has 0 saturated heterocycles. The number of fused-ring (bicyclic) bond motifs is 1. The van der Waals surface area contributed by atoms with E-state index >= 15 is 0 Å². The van der Waals surface area contributed by atoms with Crippen LogP contribution in [0.25, 0.3) is 22.7 Å². The lowest BCUT2D eigenvalue weighted by Crippen LogP contribution is -2.00. The third-order valence-corrected chi connectivity index (χ3v) is 3.76. The molecule has 116 valence electrons. The number of nitrogens with zero attached hydrogens (tertiary/aromatic N) is 5. The van der Waals surface area contributed by atoms with Gasteiger partial charge in [-0.05, 0) is 24.1 Å². The lowest BCUT2D eigenvalue weighted by Gasteiger charge is -2.05. The molecule has 0 aliphatic rings. The number of aromatic nitrogens is 6. The molecular weight excluding hydrogens is 290 g/mol. The zero-order valence-corrected chi connectivity index (χ0v) is 12.9. The van der Waals surface area contributed by atoms with Crippen molar-refractivity contribution < 1.29 is 0 Å². The molecule has 1 aromatic carbocycles. The van der Waals surface area contributed by atoms with Crippen LogP contribution >= 0.6 is 0 Å². The Labute approximate surface area is 132 Å². The van der Waals surface area contributed by atoms with Gasteiger partial charge in [-0.25, -0.2) is 9.67 Å². The highest BCUT2D eigenvalue weighted by molar-refractivity contribution is 5.68. The maximum atomic E-state index is 5.85. The smallest absolute Gasteiger partial charge is 0.202 e. The fourth-order valence-electron chi connectivity index (χ4n) is 2.66. The molecule has 7 heteroatoms. The molecule has 3 N–H and O–H groups in total. The van der Waals surface area contributed by atoms with Crippen molar-refractivity contribution in [1.29, 1.82) is 0 Å². The fourth-order valence-corrected chi connectivity index (χ4v) is 2.66. The molecule has 0 saturated carbocycles. The van der Waals surface area contributed by atoms with E-state index in [2.05, 4.69) is 34.1 Å². The minimum absolute atomic E-state index is 0.300. The van der Waals surface area contributed by atoms with Crippen LogP contribution in [0.5, 0.6) is 0 Å². The lowest BCUT2D eigenvalue weighted by molar-refractivity contribution is 0.735. The number of H-pyrrole nitrogens is 1. The van der Waals surface area contributed by atoms with Crippen LogP contribution in [0.15, 0.2) is 42.7 Å². The number of nitrogens with one attached hydrogen (secondary N) is 1. The molecule has 0 atom stereocenters. The van der Waals surface area contributed by atoms with Gasteiger partial charge in [0, 0.05) is 23.6 Å². The molecule has 3 heterocycles. The number of anilines is 1. The van der Waals surface area contributed by atoms with Crippen LogP contribution in [-0.4, -0.2) is 29.6 Å². The van der Waals surface area contributed by atoms with E-state index in [4.69, 9.17) is 5.73 Å². The molecule has 0 bridgehead atoms. The molecule has 0 amide bonds. The number of aromatic amines is 1. The summed E-state index contributed by atoms with van der Waals surface area (Å²) in [5.41, 5.74) is 10.1. The zero-order chi connectivity index (χ0) is 16.0. The van der Waals surface area contributed by atoms with Crippen LogP contribution in [0.3, 0.4) is 0 Å². The van der Waals surface area contributed by atoms with Gasteiger partial charge in [0.05, 0.1) is 5.69 Å². The van der Waals surface area contributed by atoms with Crippen molar-refractivity contribution in [3.8, 4) is 17.1 Å². The van der Waals surface area contributed by atoms with Gasteiger partial charge in [0.2, 0.25) is 5.65 Å². The Hall–Kier alpha value is -3.09. The first-order valence-electron chi connectivity index (χ1n) is 7.48. The van der Waals surface area contributed by atoms with Crippen molar-refractivity contribution in [2.24, 2.45) is 0 Å². The first-order chi connectivity index (χ1) is 11.1. The summed E-state index contributed by atoms with van der Waals surface area (Å²) in [6, 6.07) is 9.45. The standard InChI is InChI=1S/C16H17N7/c1-10(2)13-14(22-8-4-7-18-22)16-19-15(21-23(16)20-13)11-5-3-6-12(17)9-11/h3-10,20H,17H2,1-2H3. The van der Waals surface area contributed by atoms with E-state index in [1.807, 2.05) is 41.2 Å². The molecule has 4 aromatic rings. The summed E-state index contributed by atoms with van der Waals surface area (Å²) in [5, 5.41) is 12.2. The number of hydrogen-bond acceptors (Lipinski definition) is 4. The van der Waals surface area contributed by atoms with Crippen LogP contribution in [0.2, 0.25) is 0 Å². The normalized spacial score (nSPS) is 11.6. The predicted molar refractivity (Wildman–Crippen MR) is 88.4 cm³/mol. The summed E-state index contributed by atoms with van der Waals surface area (Å²) in [4.78, 5) is 4.69. The number of nitrogens with two attached hydrogens (primary N) is 1. The van der Waals surface area contributed by atoms with Crippen molar-refractivity contribution in [2.45, 2.75) is 19.8 Å². The van der Waals surface area contributed by atoms with E-state index in [1.54, 1.807) is 10.8 Å². The van der Waals surface area contributed by atoms with Gasteiger partial charge in [0.15, 0.2) is 5.82 Å². The van der Waals surface area contributed by atoms with Crippen molar-refractivity contribution in [1.82, 2.24) is 29.6 Å². The molecule has 0 spiro atoms. The Bertz CT molecular complexity index is 960. The van der Waals surface area contributed by atoms with E-state index in [0.29, 0.717) is 17.4 Å². The van der Waals surface area contributed by atoms with Crippen molar-refractivity contribution >= 4 is 11.3 Å².